The summed E-state index contributed by atoms with van der Waals surface area (Å²) >= 11 is 5.25. The lowest BCUT2D eigenvalue weighted by Gasteiger charge is -2.32. The van der Waals surface area contributed by atoms with Gasteiger partial charge in [-0.05, 0) is 43.7 Å². The van der Waals surface area contributed by atoms with Crippen molar-refractivity contribution in [3.05, 3.63) is 74.5 Å². The van der Waals surface area contributed by atoms with Crippen molar-refractivity contribution in [2.45, 2.75) is 19.9 Å². The van der Waals surface area contributed by atoms with E-state index in [1.54, 1.807) is 23.5 Å². The number of aryl methyl sites for hydroxylation is 1. The molecule has 0 radical (unpaired) electrons. The molecule has 0 saturated carbocycles. The van der Waals surface area contributed by atoms with Crippen LogP contribution in [0.25, 0.3) is 0 Å². The minimum atomic E-state index is -0.220. The third-order valence-corrected chi connectivity index (χ3v) is 7.05. The number of benzene rings is 1. The van der Waals surface area contributed by atoms with Crippen molar-refractivity contribution in [1.82, 2.24) is 0 Å². The SMILES string of the molecule is Cc1sc(NC(=O)c2ccco2)c([C@@H](c2cccc(Br)c2)[NH+]2CCOCC2)c1C. The number of anilines is 1. The zero-order valence-electron chi connectivity index (χ0n) is 16.5. The van der Waals surface area contributed by atoms with Gasteiger partial charge in [0.2, 0.25) is 0 Å². The molecule has 1 aliphatic rings. The van der Waals surface area contributed by atoms with E-state index < -0.39 is 0 Å². The summed E-state index contributed by atoms with van der Waals surface area (Å²) < 4.78 is 12.0. The molecule has 1 aliphatic heterocycles. The maximum atomic E-state index is 12.7. The molecule has 29 heavy (non-hydrogen) atoms. The minimum absolute atomic E-state index is 0.119. The third kappa shape index (κ3) is 4.33. The van der Waals surface area contributed by atoms with Crippen LogP contribution in [0, 0.1) is 13.8 Å². The Morgan fingerprint density at radius 3 is 2.69 bits per heavy atom. The van der Waals surface area contributed by atoms with Gasteiger partial charge in [0, 0.05) is 14.9 Å². The van der Waals surface area contributed by atoms with E-state index in [1.165, 1.54) is 32.7 Å². The van der Waals surface area contributed by atoms with Crippen LogP contribution in [0.15, 0.2) is 51.6 Å². The normalized spacial score (nSPS) is 16.0. The molecule has 5 nitrogen and oxygen atoms in total. The van der Waals surface area contributed by atoms with Crippen molar-refractivity contribution in [2.75, 3.05) is 31.6 Å². The smallest absolute Gasteiger partial charge is 0.291 e. The molecule has 1 amide bonds. The number of ether oxygens (including phenoxy) is 1. The van der Waals surface area contributed by atoms with Gasteiger partial charge in [-0.15, -0.1) is 11.3 Å². The Labute approximate surface area is 182 Å². The molecule has 1 atom stereocenters. The number of amides is 1. The molecule has 0 aliphatic carbocycles. The highest BCUT2D eigenvalue weighted by Gasteiger charge is 2.34. The first-order valence-corrected chi connectivity index (χ1v) is 11.3. The van der Waals surface area contributed by atoms with Gasteiger partial charge in [-0.3, -0.25) is 4.79 Å². The third-order valence-electron chi connectivity index (χ3n) is 5.42. The quantitative estimate of drug-likeness (QED) is 0.586. The fourth-order valence-electron chi connectivity index (χ4n) is 3.87. The second-order valence-corrected chi connectivity index (χ2v) is 9.36. The highest BCUT2D eigenvalue weighted by atomic mass is 79.9. The molecule has 0 bridgehead atoms. The molecule has 1 aromatic carbocycles. The molecule has 4 rings (SSSR count). The summed E-state index contributed by atoms with van der Waals surface area (Å²) in [6.45, 7) is 7.60. The van der Waals surface area contributed by atoms with Gasteiger partial charge in [-0.25, -0.2) is 0 Å². The highest BCUT2D eigenvalue weighted by Crippen LogP contribution is 2.39. The first-order chi connectivity index (χ1) is 14.0. The van der Waals surface area contributed by atoms with Crippen molar-refractivity contribution in [2.24, 2.45) is 0 Å². The van der Waals surface area contributed by atoms with E-state index in [9.17, 15) is 4.79 Å². The number of rotatable bonds is 5. The van der Waals surface area contributed by atoms with Gasteiger partial charge in [0.1, 0.15) is 24.1 Å². The summed E-state index contributed by atoms with van der Waals surface area (Å²) in [5, 5.41) is 4.00. The monoisotopic (exact) mass is 475 g/mol. The number of hydrogen-bond acceptors (Lipinski definition) is 4. The van der Waals surface area contributed by atoms with Crippen LogP contribution in [0.5, 0.6) is 0 Å². The van der Waals surface area contributed by atoms with Crippen molar-refractivity contribution in [3.8, 4) is 0 Å². The number of carbonyl (C=O) groups excluding carboxylic acids is 1. The Morgan fingerprint density at radius 2 is 2.00 bits per heavy atom. The predicted molar refractivity (Wildman–Crippen MR) is 118 cm³/mol. The number of furan rings is 1. The molecule has 7 heteroatoms. The second-order valence-electron chi connectivity index (χ2n) is 7.22. The number of halogens is 1. The molecule has 0 spiro atoms. The van der Waals surface area contributed by atoms with Crippen molar-refractivity contribution >= 4 is 38.2 Å². The first kappa shape index (κ1) is 20.3. The molecule has 2 aromatic heterocycles. The van der Waals surface area contributed by atoms with Crippen molar-refractivity contribution < 1.29 is 18.8 Å². The summed E-state index contributed by atoms with van der Waals surface area (Å²) in [4.78, 5) is 15.4. The van der Waals surface area contributed by atoms with Gasteiger partial charge >= 0.3 is 0 Å². The molecule has 1 saturated heterocycles. The fraction of sp³-hybridized carbons (Fsp3) is 0.318. The van der Waals surface area contributed by atoms with Gasteiger partial charge in [0.05, 0.1) is 25.0 Å². The van der Waals surface area contributed by atoms with Crippen LogP contribution in [0.2, 0.25) is 0 Å². The van der Waals surface area contributed by atoms with Crippen LogP contribution in [0.4, 0.5) is 5.00 Å². The number of carbonyl (C=O) groups is 1. The second kappa shape index (κ2) is 8.83. The Balaban J connectivity index is 1.78. The Kier molecular flexibility index (Phi) is 6.20. The molecular weight excluding hydrogens is 452 g/mol. The molecule has 0 unspecified atom stereocenters. The topological polar surface area (TPSA) is 55.9 Å². The lowest BCUT2D eigenvalue weighted by molar-refractivity contribution is -0.933. The number of quaternary nitrogens is 1. The van der Waals surface area contributed by atoms with Crippen LogP contribution in [-0.4, -0.2) is 32.2 Å². The zero-order chi connectivity index (χ0) is 20.4. The van der Waals surface area contributed by atoms with Crippen molar-refractivity contribution in [3.63, 3.8) is 0 Å². The van der Waals surface area contributed by atoms with Gasteiger partial charge < -0.3 is 19.4 Å². The average Bonchev–Trinajstić information content (AvgIpc) is 3.34. The van der Waals surface area contributed by atoms with E-state index >= 15 is 0 Å². The number of nitrogens with one attached hydrogen (secondary N) is 2. The molecule has 152 valence electrons. The van der Waals surface area contributed by atoms with Crippen LogP contribution in [0.3, 0.4) is 0 Å². The van der Waals surface area contributed by atoms with Gasteiger partial charge in [-0.1, -0.05) is 28.1 Å². The molecule has 1 fully saturated rings. The molecule has 2 N–H and O–H groups in total. The van der Waals surface area contributed by atoms with Crippen LogP contribution >= 0.6 is 27.3 Å². The summed E-state index contributed by atoms with van der Waals surface area (Å²) in [7, 11) is 0. The summed E-state index contributed by atoms with van der Waals surface area (Å²) in [6.07, 6.45) is 1.52. The maximum Gasteiger partial charge on any atom is 0.291 e. The summed E-state index contributed by atoms with van der Waals surface area (Å²) in [5.41, 5.74) is 3.64. The molecule has 3 heterocycles. The summed E-state index contributed by atoms with van der Waals surface area (Å²) in [6, 6.07) is 12.0. The van der Waals surface area contributed by atoms with E-state index in [1.807, 2.05) is 6.07 Å². The predicted octanol–water partition coefficient (Wildman–Crippen LogP) is 3.98. The van der Waals surface area contributed by atoms with E-state index in [-0.39, 0.29) is 11.9 Å². The van der Waals surface area contributed by atoms with Crippen molar-refractivity contribution in [1.29, 1.82) is 0 Å². The number of thiophene rings is 1. The summed E-state index contributed by atoms with van der Waals surface area (Å²) in [5.74, 6) is 0.0971. The van der Waals surface area contributed by atoms with Gasteiger partial charge in [-0.2, -0.15) is 0 Å². The lowest BCUT2D eigenvalue weighted by Crippen LogP contribution is -3.14. The number of morpholine rings is 1. The molecular formula is C22H24BrN2O3S+. The zero-order valence-corrected chi connectivity index (χ0v) is 18.9. The average molecular weight is 476 g/mol. The Bertz CT molecular complexity index is 994. The lowest BCUT2D eigenvalue weighted by atomic mass is 9.94. The van der Waals surface area contributed by atoms with Gasteiger partial charge in [0.25, 0.3) is 5.91 Å². The van der Waals surface area contributed by atoms with Crippen LogP contribution in [0.1, 0.15) is 38.2 Å². The fourth-order valence-corrected chi connectivity index (χ4v) is 5.38. The first-order valence-electron chi connectivity index (χ1n) is 9.67. The largest absolute Gasteiger partial charge is 0.459 e. The Morgan fingerprint density at radius 1 is 1.21 bits per heavy atom. The van der Waals surface area contributed by atoms with Gasteiger partial charge in [0.15, 0.2) is 5.76 Å². The standard InChI is InChI=1S/C22H23BrN2O3S/c1-14-15(2)29-22(24-21(26)18-7-4-10-28-18)19(14)20(25-8-11-27-12-9-25)16-5-3-6-17(23)13-16/h3-7,10,13,20H,8-9,11-12H2,1-2H3,(H,24,26)/p+1/t20-/m1/s1. The number of hydrogen-bond donors (Lipinski definition) is 2. The van der Waals surface area contributed by atoms with E-state index in [0.717, 1.165) is 35.8 Å². The van der Waals surface area contributed by atoms with E-state index in [4.69, 9.17) is 9.15 Å². The Hall–Kier alpha value is -1.93. The van der Waals surface area contributed by atoms with E-state index in [2.05, 4.69) is 53.3 Å². The van der Waals surface area contributed by atoms with E-state index in [0.29, 0.717) is 5.76 Å². The molecule has 3 aromatic rings. The van der Waals surface area contributed by atoms with Crippen LogP contribution < -0.4 is 10.2 Å². The maximum absolute atomic E-state index is 12.7. The minimum Gasteiger partial charge on any atom is -0.459 e. The van der Waals surface area contributed by atoms with Crippen LogP contribution in [-0.2, 0) is 4.74 Å². The highest BCUT2D eigenvalue weighted by molar-refractivity contribution is 9.10.